The fourth-order valence-corrected chi connectivity index (χ4v) is 1.92. The first-order chi connectivity index (χ1) is 8.58. The Morgan fingerprint density at radius 1 is 1.44 bits per heavy atom. The van der Waals surface area contributed by atoms with Gasteiger partial charge >= 0.3 is 6.03 Å². The topological polar surface area (TPSA) is 50.2 Å². The maximum atomic E-state index is 11.9. The lowest BCUT2D eigenvalue weighted by molar-refractivity contribution is 0.253. The molecule has 1 amide bonds. The molecule has 94 valence electrons. The number of carbonyl (C=O) groups excluding carboxylic acids is 1. The highest BCUT2D eigenvalue weighted by Crippen LogP contribution is 2.28. The lowest BCUT2D eigenvalue weighted by Crippen LogP contribution is -2.20. The predicted octanol–water partition coefficient (Wildman–Crippen LogP) is 2.79. The molecule has 0 unspecified atom stereocenters. The minimum absolute atomic E-state index is 0.242. The molecule has 5 nitrogen and oxygen atoms in total. The molecule has 1 aromatic heterocycles. The van der Waals surface area contributed by atoms with Crippen LogP contribution in [0.3, 0.4) is 0 Å². The normalized spacial score (nSPS) is 10.2. The van der Waals surface area contributed by atoms with Gasteiger partial charge < -0.3 is 10.2 Å². The Kier molecular flexibility index (Phi) is 3.66. The van der Waals surface area contributed by atoms with Crippen molar-refractivity contribution in [3.8, 4) is 0 Å². The van der Waals surface area contributed by atoms with Crippen LogP contribution in [0, 0.1) is 0 Å². The summed E-state index contributed by atoms with van der Waals surface area (Å²) < 4.78 is 2.30. The van der Waals surface area contributed by atoms with E-state index in [1.807, 2.05) is 37.2 Å². The number of aromatic nitrogens is 2. The summed E-state index contributed by atoms with van der Waals surface area (Å²) >= 11 is 3.40. The Morgan fingerprint density at radius 3 is 2.83 bits per heavy atom. The lowest BCUT2D eigenvalue weighted by Gasteiger charge is -2.18. The monoisotopic (exact) mass is 308 g/mol. The van der Waals surface area contributed by atoms with Crippen molar-refractivity contribution in [2.45, 2.75) is 0 Å². The second-order valence-electron chi connectivity index (χ2n) is 3.96. The SMILES string of the molecule is CN(C)c1ccc(Br)cc1NC(=O)n1ccnc1. The standard InChI is InChI=1S/C12H13BrN4O/c1-16(2)11-4-3-9(13)7-10(11)15-12(18)17-6-5-14-8-17/h3-8H,1-2H3,(H,15,18). The Hall–Kier alpha value is -1.82. The van der Waals surface area contributed by atoms with E-state index in [1.54, 1.807) is 12.4 Å². The number of benzene rings is 1. The van der Waals surface area contributed by atoms with E-state index in [2.05, 4.69) is 26.2 Å². The van der Waals surface area contributed by atoms with Crippen LogP contribution in [0.2, 0.25) is 0 Å². The van der Waals surface area contributed by atoms with Crippen molar-refractivity contribution in [3.63, 3.8) is 0 Å². The van der Waals surface area contributed by atoms with E-state index in [9.17, 15) is 4.79 Å². The van der Waals surface area contributed by atoms with Crippen LogP contribution in [-0.2, 0) is 0 Å². The van der Waals surface area contributed by atoms with Crippen molar-refractivity contribution in [3.05, 3.63) is 41.4 Å². The zero-order valence-electron chi connectivity index (χ0n) is 10.1. The van der Waals surface area contributed by atoms with E-state index >= 15 is 0 Å². The largest absolute Gasteiger partial charge is 0.376 e. The van der Waals surface area contributed by atoms with Crippen molar-refractivity contribution >= 4 is 33.3 Å². The molecular weight excluding hydrogens is 296 g/mol. The van der Waals surface area contributed by atoms with E-state index in [0.717, 1.165) is 15.8 Å². The molecule has 0 aliphatic rings. The quantitative estimate of drug-likeness (QED) is 0.928. The zero-order valence-corrected chi connectivity index (χ0v) is 11.7. The van der Waals surface area contributed by atoms with Crippen LogP contribution in [0.1, 0.15) is 0 Å². The smallest absolute Gasteiger partial charge is 0.331 e. The van der Waals surface area contributed by atoms with Gasteiger partial charge in [0.2, 0.25) is 0 Å². The van der Waals surface area contributed by atoms with Gasteiger partial charge in [0.1, 0.15) is 6.33 Å². The third-order valence-electron chi connectivity index (χ3n) is 2.42. The maximum Gasteiger partial charge on any atom is 0.331 e. The molecule has 18 heavy (non-hydrogen) atoms. The first kappa shape index (κ1) is 12.6. The van der Waals surface area contributed by atoms with Crippen LogP contribution in [0.5, 0.6) is 0 Å². The van der Waals surface area contributed by atoms with Gasteiger partial charge in [-0.25, -0.2) is 9.78 Å². The molecular formula is C12H13BrN4O. The molecule has 0 aliphatic carbocycles. The van der Waals surface area contributed by atoms with E-state index in [0.29, 0.717) is 0 Å². The molecule has 0 bridgehead atoms. The second kappa shape index (κ2) is 5.22. The maximum absolute atomic E-state index is 11.9. The van der Waals surface area contributed by atoms with Gasteiger partial charge in [-0.2, -0.15) is 0 Å². The Morgan fingerprint density at radius 2 is 2.22 bits per heavy atom. The van der Waals surface area contributed by atoms with Crippen LogP contribution in [-0.4, -0.2) is 29.7 Å². The Labute approximate surface area is 114 Å². The number of nitrogens with one attached hydrogen (secondary N) is 1. The number of amides is 1. The zero-order chi connectivity index (χ0) is 13.1. The van der Waals surface area contributed by atoms with Gasteiger partial charge in [-0.1, -0.05) is 15.9 Å². The minimum atomic E-state index is -0.242. The number of imidazole rings is 1. The first-order valence-electron chi connectivity index (χ1n) is 5.34. The fourth-order valence-electron chi connectivity index (χ4n) is 1.56. The average molecular weight is 309 g/mol. The molecule has 6 heteroatoms. The van der Waals surface area contributed by atoms with Gasteiger partial charge in [0.15, 0.2) is 0 Å². The molecule has 2 aromatic rings. The summed E-state index contributed by atoms with van der Waals surface area (Å²) in [5.41, 5.74) is 1.68. The van der Waals surface area contributed by atoms with Crippen molar-refractivity contribution in [2.75, 3.05) is 24.3 Å². The number of hydrogen-bond donors (Lipinski definition) is 1. The predicted molar refractivity (Wildman–Crippen MR) is 75.1 cm³/mol. The average Bonchev–Trinajstić information content (AvgIpc) is 2.81. The third kappa shape index (κ3) is 2.70. The van der Waals surface area contributed by atoms with E-state index < -0.39 is 0 Å². The number of anilines is 2. The molecule has 1 N–H and O–H groups in total. The molecule has 0 fully saturated rings. The van der Waals surface area contributed by atoms with Crippen LogP contribution in [0.15, 0.2) is 41.4 Å². The molecule has 0 saturated heterocycles. The highest BCUT2D eigenvalue weighted by atomic mass is 79.9. The molecule has 0 spiro atoms. The van der Waals surface area contributed by atoms with Gasteiger partial charge in [0.25, 0.3) is 0 Å². The van der Waals surface area contributed by atoms with Gasteiger partial charge in [-0.3, -0.25) is 4.57 Å². The van der Waals surface area contributed by atoms with E-state index in [-0.39, 0.29) is 6.03 Å². The molecule has 2 rings (SSSR count). The van der Waals surface area contributed by atoms with Crippen molar-refractivity contribution in [1.29, 1.82) is 0 Å². The molecule has 1 aromatic carbocycles. The summed E-state index contributed by atoms with van der Waals surface area (Å²) in [7, 11) is 3.85. The number of rotatable bonds is 2. The third-order valence-corrected chi connectivity index (χ3v) is 2.91. The number of nitrogens with zero attached hydrogens (tertiary/aromatic N) is 3. The summed E-state index contributed by atoms with van der Waals surface area (Å²) in [6.45, 7) is 0. The number of hydrogen-bond acceptors (Lipinski definition) is 3. The first-order valence-corrected chi connectivity index (χ1v) is 6.13. The van der Waals surface area contributed by atoms with E-state index in [4.69, 9.17) is 0 Å². The molecule has 1 heterocycles. The van der Waals surface area contributed by atoms with Crippen LogP contribution < -0.4 is 10.2 Å². The highest BCUT2D eigenvalue weighted by molar-refractivity contribution is 9.10. The number of halogens is 1. The van der Waals surface area contributed by atoms with Crippen LogP contribution in [0.4, 0.5) is 16.2 Å². The molecule has 0 aliphatic heterocycles. The van der Waals surface area contributed by atoms with Crippen LogP contribution >= 0.6 is 15.9 Å². The van der Waals surface area contributed by atoms with Gasteiger partial charge in [0, 0.05) is 31.0 Å². The summed E-state index contributed by atoms with van der Waals surface area (Å²) in [6.07, 6.45) is 4.62. The summed E-state index contributed by atoms with van der Waals surface area (Å²) in [6, 6.07) is 5.49. The van der Waals surface area contributed by atoms with Gasteiger partial charge in [-0.05, 0) is 18.2 Å². The lowest BCUT2D eigenvalue weighted by atomic mass is 10.2. The van der Waals surface area contributed by atoms with E-state index in [1.165, 1.54) is 10.9 Å². The Bertz CT molecular complexity index is 551. The van der Waals surface area contributed by atoms with Gasteiger partial charge in [0.05, 0.1) is 11.4 Å². The van der Waals surface area contributed by atoms with Gasteiger partial charge in [-0.15, -0.1) is 0 Å². The van der Waals surface area contributed by atoms with Crippen molar-refractivity contribution < 1.29 is 4.79 Å². The fraction of sp³-hybridized carbons (Fsp3) is 0.167. The summed E-state index contributed by atoms with van der Waals surface area (Å²) in [5, 5.41) is 2.85. The molecule has 0 atom stereocenters. The summed E-state index contributed by atoms with van der Waals surface area (Å²) in [5.74, 6) is 0. The Balaban J connectivity index is 2.28. The number of carbonyl (C=O) groups is 1. The highest BCUT2D eigenvalue weighted by Gasteiger charge is 2.10. The minimum Gasteiger partial charge on any atom is -0.376 e. The second-order valence-corrected chi connectivity index (χ2v) is 4.87. The van der Waals surface area contributed by atoms with Crippen molar-refractivity contribution in [1.82, 2.24) is 9.55 Å². The summed E-state index contributed by atoms with van der Waals surface area (Å²) in [4.78, 5) is 17.7. The van der Waals surface area contributed by atoms with Crippen molar-refractivity contribution in [2.24, 2.45) is 0 Å². The molecule has 0 radical (unpaired) electrons. The van der Waals surface area contributed by atoms with Crippen LogP contribution in [0.25, 0.3) is 0 Å². The molecule has 0 saturated carbocycles.